The van der Waals surface area contributed by atoms with E-state index in [2.05, 4.69) is 16.0 Å². The monoisotopic (exact) mass is 661 g/mol. The molecule has 15 nitrogen and oxygen atoms in total. The van der Waals surface area contributed by atoms with E-state index in [1.807, 2.05) is 20.8 Å². The summed E-state index contributed by atoms with van der Waals surface area (Å²) in [6.45, 7) is 8.23. The average molecular weight is 662 g/mol. The summed E-state index contributed by atoms with van der Waals surface area (Å²) in [5.41, 5.74) is 11.6. The molecule has 0 radical (unpaired) electrons. The third-order valence-corrected chi connectivity index (χ3v) is 7.70. The average Bonchev–Trinajstić information content (AvgIpc) is 2.99. The van der Waals surface area contributed by atoms with E-state index < -0.39 is 84.6 Å². The standard InChI is InChI=1S/C32H51N7O8/c1-8-19(4)27(29(43)37-24(32(46)47)14-18(2)3)39(7)30(44)20(5)35-26(41)17-38(6)31(45)23(15-21-12-10-9-11-13-21)36-28(42)22(33)16-25(34)40/h9-13,18-20,22-24,27H,8,14-17,33H2,1-7H3,(H2,34,40)(H,35,41)(H,36,42)(H,37,43)(H,46,47)/t19-,20-,22-,23-,24-,27-/m0/s1. The molecule has 262 valence electrons. The third kappa shape index (κ3) is 13.4. The van der Waals surface area contributed by atoms with Gasteiger partial charge in [0.05, 0.1) is 19.0 Å². The Kier molecular flexibility index (Phi) is 16.5. The Morgan fingerprint density at radius 1 is 0.851 bits per heavy atom. The fraction of sp³-hybridized carbons (Fsp3) is 0.594. The van der Waals surface area contributed by atoms with Crippen LogP contribution in [0.4, 0.5) is 0 Å². The SMILES string of the molecule is CC[C@H](C)[C@@H](C(=O)N[C@@H](CC(C)C)C(=O)O)N(C)C(=O)[C@H](C)NC(=O)CN(C)C(=O)[C@H](Cc1ccccc1)NC(=O)[C@@H](N)CC(N)=O. The van der Waals surface area contributed by atoms with Crippen LogP contribution in [0.15, 0.2) is 30.3 Å². The highest BCUT2D eigenvalue weighted by Crippen LogP contribution is 2.16. The summed E-state index contributed by atoms with van der Waals surface area (Å²) < 4.78 is 0. The first-order valence-corrected chi connectivity index (χ1v) is 15.6. The number of nitrogens with one attached hydrogen (secondary N) is 3. The second-order valence-corrected chi connectivity index (χ2v) is 12.3. The van der Waals surface area contributed by atoms with Gasteiger partial charge < -0.3 is 42.3 Å². The quantitative estimate of drug-likeness (QED) is 0.111. The highest BCUT2D eigenvalue weighted by atomic mass is 16.4. The lowest BCUT2D eigenvalue weighted by molar-refractivity contribution is -0.146. The number of carboxylic acid groups (broad SMARTS) is 1. The molecule has 0 saturated carbocycles. The van der Waals surface area contributed by atoms with Crippen molar-refractivity contribution < 1.29 is 38.7 Å². The number of hydrogen-bond donors (Lipinski definition) is 6. The number of carbonyl (C=O) groups excluding carboxylic acids is 6. The summed E-state index contributed by atoms with van der Waals surface area (Å²) in [7, 11) is 2.77. The Morgan fingerprint density at radius 2 is 1.43 bits per heavy atom. The Balaban J connectivity index is 3.01. The van der Waals surface area contributed by atoms with Crippen LogP contribution in [0.5, 0.6) is 0 Å². The maximum atomic E-state index is 13.4. The normalized spacial score (nSPS) is 14.8. The van der Waals surface area contributed by atoms with Gasteiger partial charge in [0, 0.05) is 20.5 Å². The van der Waals surface area contributed by atoms with Crippen LogP contribution in [0.1, 0.15) is 59.4 Å². The fourth-order valence-electron chi connectivity index (χ4n) is 4.98. The molecule has 0 bridgehead atoms. The molecule has 0 aliphatic carbocycles. The molecule has 47 heavy (non-hydrogen) atoms. The molecule has 0 heterocycles. The van der Waals surface area contributed by atoms with Crippen LogP contribution in [0.3, 0.4) is 0 Å². The van der Waals surface area contributed by atoms with Crippen molar-refractivity contribution in [2.75, 3.05) is 20.6 Å². The van der Waals surface area contributed by atoms with Gasteiger partial charge in [-0.15, -0.1) is 0 Å². The lowest BCUT2D eigenvalue weighted by Crippen LogP contribution is -2.58. The van der Waals surface area contributed by atoms with E-state index in [0.717, 1.165) is 4.90 Å². The van der Waals surface area contributed by atoms with Crippen LogP contribution in [0.25, 0.3) is 0 Å². The number of nitrogens with zero attached hydrogens (tertiary/aromatic N) is 2. The number of likely N-dealkylation sites (N-methyl/N-ethyl adjacent to an activating group) is 2. The number of primary amides is 1. The lowest BCUT2D eigenvalue weighted by atomic mass is 9.95. The highest BCUT2D eigenvalue weighted by molar-refractivity contribution is 5.95. The molecule has 6 atom stereocenters. The number of rotatable bonds is 19. The van der Waals surface area contributed by atoms with Gasteiger partial charge in [-0.25, -0.2) is 4.79 Å². The van der Waals surface area contributed by atoms with E-state index in [1.165, 1.54) is 25.9 Å². The summed E-state index contributed by atoms with van der Waals surface area (Å²) in [6.07, 6.45) is 0.369. The number of amides is 6. The summed E-state index contributed by atoms with van der Waals surface area (Å²) in [5, 5.41) is 17.2. The van der Waals surface area contributed by atoms with Crippen molar-refractivity contribution in [2.45, 2.75) is 90.5 Å². The van der Waals surface area contributed by atoms with Crippen LogP contribution in [0, 0.1) is 11.8 Å². The second kappa shape index (κ2) is 19.2. The van der Waals surface area contributed by atoms with Crippen molar-refractivity contribution in [3.8, 4) is 0 Å². The molecule has 1 aromatic carbocycles. The van der Waals surface area contributed by atoms with Gasteiger partial charge in [-0.05, 0) is 30.7 Å². The number of carboxylic acids is 1. The van der Waals surface area contributed by atoms with E-state index in [-0.39, 0.29) is 24.7 Å². The molecular weight excluding hydrogens is 610 g/mol. The van der Waals surface area contributed by atoms with Crippen LogP contribution in [-0.4, -0.2) is 107 Å². The maximum absolute atomic E-state index is 13.4. The number of aliphatic carboxylic acids is 1. The van der Waals surface area contributed by atoms with Crippen molar-refractivity contribution in [1.82, 2.24) is 25.8 Å². The van der Waals surface area contributed by atoms with Crippen LogP contribution in [-0.2, 0) is 40.0 Å². The molecule has 0 fully saturated rings. The topological polar surface area (TPSA) is 234 Å². The summed E-state index contributed by atoms with van der Waals surface area (Å²) in [5.74, 6) is -5.58. The Hall–Kier alpha value is -4.53. The number of carbonyl (C=O) groups is 7. The predicted octanol–water partition coefficient (Wildman–Crippen LogP) is -0.632. The summed E-state index contributed by atoms with van der Waals surface area (Å²) in [6, 6.07) is 3.17. The van der Waals surface area contributed by atoms with Gasteiger partial charge in [0.1, 0.15) is 24.2 Å². The maximum Gasteiger partial charge on any atom is 0.326 e. The third-order valence-electron chi connectivity index (χ3n) is 7.70. The van der Waals surface area contributed by atoms with E-state index in [4.69, 9.17) is 11.5 Å². The van der Waals surface area contributed by atoms with Gasteiger partial charge in [-0.2, -0.15) is 0 Å². The van der Waals surface area contributed by atoms with Crippen molar-refractivity contribution in [3.05, 3.63) is 35.9 Å². The zero-order valence-corrected chi connectivity index (χ0v) is 28.3. The van der Waals surface area contributed by atoms with Gasteiger partial charge in [-0.3, -0.25) is 28.8 Å². The van der Waals surface area contributed by atoms with E-state index >= 15 is 0 Å². The number of benzene rings is 1. The zero-order valence-electron chi connectivity index (χ0n) is 28.3. The molecule has 6 amide bonds. The molecule has 0 spiro atoms. The first-order valence-electron chi connectivity index (χ1n) is 15.6. The second-order valence-electron chi connectivity index (χ2n) is 12.3. The molecule has 1 rings (SSSR count). The Morgan fingerprint density at radius 3 is 1.94 bits per heavy atom. The molecular formula is C32H51N7O8. The van der Waals surface area contributed by atoms with Crippen molar-refractivity contribution in [2.24, 2.45) is 23.3 Å². The van der Waals surface area contributed by atoms with Crippen LogP contribution >= 0.6 is 0 Å². The van der Waals surface area contributed by atoms with Gasteiger partial charge in [-0.1, -0.05) is 64.4 Å². The van der Waals surface area contributed by atoms with E-state index in [0.29, 0.717) is 12.0 Å². The molecule has 0 saturated heterocycles. The molecule has 0 aliphatic rings. The smallest absolute Gasteiger partial charge is 0.326 e. The molecule has 1 aromatic rings. The highest BCUT2D eigenvalue weighted by Gasteiger charge is 2.36. The van der Waals surface area contributed by atoms with Gasteiger partial charge in [0.25, 0.3) is 0 Å². The number of hydrogen-bond acceptors (Lipinski definition) is 8. The molecule has 8 N–H and O–H groups in total. The molecule has 0 aliphatic heterocycles. The largest absolute Gasteiger partial charge is 0.480 e. The van der Waals surface area contributed by atoms with E-state index in [9.17, 15) is 38.7 Å². The lowest BCUT2D eigenvalue weighted by Gasteiger charge is -2.34. The Bertz CT molecular complexity index is 1260. The number of nitrogens with two attached hydrogens (primary N) is 2. The van der Waals surface area contributed by atoms with Gasteiger partial charge >= 0.3 is 5.97 Å². The van der Waals surface area contributed by atoms with Crippen LogP contribution in [0.2, 0.25) is 0 Å². The van der Waals surface area contributed by atoms with Crippen LogP contribution < -0.4 is 27.4 Å². The van der Waals surface area contributed by atoms with Crippen molar-refractivity contribution >= 4 is 41.4 Å². The minimum Gasteiger partial charge on any atom is -0.480 e. The molecule has 0 unspecified atom stereocenters. The van der Waals surface area contributed by atoms with Gasteiger partial charge in [0.2, 0.25) is 35.4 Å². The van der Waals surface area contributed by atoms with Crippen molar-refractivity contribution in [1.29, 1.82) is 0 Å². The minimum absolute atomic E-state index is 0.00218. The summed E-state index contributed by atoms with van der Waals surface area (Å²) >= 11 is 0. The Labute approximate surface area is 276 Å². The minimum atomic E-state index is -1.28. The van der Waals surface area contributed by atoms with Crippen molar-refractivity contribution in [3.63, 3.8) is 0 Å². The molecule has 0 aromatic heterocycles. The van der Waals surface area contributed by atoms with E-state index in [1.54, 1.807) is 37.3 Å². The zero-order chi connectivity index (χ0) is 36.0. The predicted molar refractivity (Wildman–Crippen MR) is 174 cm³/mol. The first kappa shape index (κ1) is 40.5. The molecule has 15 heteroatoms. The van der Waals surface area contributed by atoms with Gasteiger partial charge in [0.15, 0.2) is 0 Å². The first-order chi connectivity index (χ1) is 21.9. The summed E-state index contributed by atoms with van der Waals surface area (Å²) in [4.78, 5) is 90.9. The fourth-order valence-corrected chi connectivity index (χ4v) is 4.98.